The molecule has 15 heavy (non-hydrogen) atoms. The third-order valence-electron chi connectivity index (χ3n) is 1.91. The summed E-state index contributed by atoms with van der Waals surface area (Å²) in [7, 11) is 0. The van der Waals surface area contributed by atoms with Gasteiger partial charge in [0.05, 0.1) is 11.1 Å². The lowest BCUT2D eigenvalue weighted by molar-refractivity contribution is 0.0697. The van der Waals surface area contributed by atoms with Crippen LogP contribution in [0.3, 0.4) is 0 Å². The Labute approximate surface area is 91.4 Å². The van der Waals surface area contributed by atoms with Crippen LogP contribution in [0, 0.1) is 0 Å². The standard InChI is InChI=1S/C9H7N3O2.ClH/c10-8-6-2-1-5(9(13)14)3-7(6)11-4-12-8;/h1-4H,(H,13,14)(H2,10,11,12);1H. The van der Waals surface area contributed by atoms with E-state index in [0.29, 0.717) is 16.7 Å². The summed E-state index contributed by atoms with van der Waals surface area (Å²) >= 11 is 0. The highest BCUT2D eigenvalue weighted by molar-refractivity contribution is 5.95. The zero-order valence-corrected chi connectivity index (χ0v) is 8.36. The largest absolute Gasteiger partial charge is 0.478 e. The van der Waals surface area contributed by atoms with Gasteiger partial charge in [-0.2, -0.15) is 0 Å². The quantitative estimate of drug-likeness (QED) is 0.764. The van der Waals surface area contributed by atoms with Gasteiger partial charge in [-0.15, -0.1) is 12.4 Å². The highest BCUT2D eigenvalue weighted by atomic mass is 35.5. The number of hydrogen-bond donors (Lipinski definition) is 2. The van der Waals surface area contributed by atoms with Crippen LogP contribution in [-0.2, 0) is 0 Å². The van der Waals surface area contributed by atoms with Crippen LogP contribution >= 0.6 is 12.4 Å². The molecule has 0 aliphatic heterocycles. The minimum absolute atomic E-state index is 0. The van der Waals surface area contributed by atoms with Crippen molar-refractivity contribution in [1.29, 1.82) is 0 Å². The van der Waals surface area contributed by atoms with Gasteiger partial charge in [-0.25, -0.2) is 14.8 Å². The first-order valence-corrected chi connectivity index (χ1v) is 3.92. The number of nitrogen functional groups attached to an aromatic ring is 1. The molecular weight excluding hydrogens is 218 g/mol. The van der Waals surface area contributed by atoms with Crippen LogP contribution in [0.15, 0.2) is 24.5 Å². The molecule has 0 unspecified atom stereocenters. The van der Waals surface area contributed by atoms with Crippen molar-refractivity contribution in [2.75, 3.05) is 5.73 Å². The van der Waals surface area contributed by atoms with E-state index in [1.807, 2.05) is 0 Å². The van der Waals surface area contributed by atoms with E-state index in [4.69, 9.17) is 10.8 Å². The van der Waals surface area contributed by atoms with Crippen molar-refractivity contribution < 1.29 is 9.90 Å². The first-order chi connectivity index (χ1) is 6.68. The number of halogens is 1. The molecule has 0 fully saturated rings. The second kappa shape index (κ2) is 4.10. The van der Waals surface area contributed by atoms with Gasteiger partial charge in [-0.05, 0) is 18.2 Å². The Kier molecular flexibility index (Phi) is 3.06. The summed E-state index contributed by atoms with van der Waals surface area (Å²) in [5.41, 5.74) is 6.31. The van der Waals surface area contributed by atoms with Crippen molar-refractivity contribution in [2.24, 2.45) is 0 Å². The smallest absolute Gasteiger partial charge is 0.335 e. The molecule has 0 amide bonds. The summed E-state index contributed by atoms with van der Waals surface area (Å²) in [6.07, 6.45) is 1.31. The normalized spacial score (nSPS) is 9.60. The molecule has 3 N–H and O–H groups in total. The average molecular weight is 226 g/mol. The number of aromatic nitrogens is 2. The number of carboxylic acids is 1. The molecule has 0 saturated heterocycles. The maximum atomic E-state index is 10.7. The Morgan fingerprint density at radius 3 is 2.73 bits per heavy atom. The summed E-state index contributed by atoms with van der Waals surface area (Å²) in [6, 6.07) is 4.55. The maximum Gasteiger partial charge on any atom is 0.335 e. The zero-order valence-electron chi connectivity index (χ0n) is 7.54. The van der Waals surface area contributed by atoms with E-state index in [-0.39, 0.29) is 18.0 Å². The van der Waals surface area contributed by atoms with Crippen LogP contribution < -0.4 is 5.73 Å². The molecule has 0 saturated carbocycles. The lowest BCUT2D eigenvalue weighted by atomic mass is 10.1. The van der Waals surface area contributed by atoms with Gasteiger partial charge in [0, 0.05) is 5.39 Å². The summed E-state index contributed by atoms with van der Waals surface area (Å²) in [5, 5.41) is 9.40. The molecule has 6 heteroatoms. The molecule has 2 aromatic rings. The van der Waals surface area contributed by atoms with Crippen LogP contribution in [0.25, 0.3) is 10.9 Å². The molecule has 0 radical (unpaired) electrons. The predicted molar refractivity (Wildman–Crippen MR) is 58.2 cm³/mol. The monoisotopic (exact) mass is 225 g/mol. The number of carboxylic acid groups (broad SMARTS) is 1. The van der Waals surface area contributed by atoms with Gasteiger partial charge in [-0.3, -0.25) is 0 Å². The van der Waals surface area contributed by atoms with E-state index in [1.54, 1.807) is 6.07 Å². The Bertz CT molecular complexity index is 516. The number of anilines is 1. The van der Waals surface area contributed by atoms with Crippen molar-refractivity contribution in [2.45, 2.75) is 0 Å². The molecule has 78 valence electrons. The van der Waals surface area contributed by atoms with Gasteiger partial charge in [-0.1, -0.05) is 0 Å². The number of benzene rings is 1. The second-order valence-corrected chi connectivity index (χ2v) is 2.80. The van der Waals surface area contributed by atoms with Gasteiger partial charge >= 0.3 is 5.97 Å². The predicted octanol–water partition coefficient (Wildman–Crippen LogP) is 1.33. The van der Waals surface area contributed by atoms with Crippen LogP contribution in [0.4, 0.5) is 5.82 Å². The Morgan fingerprint density at radius 2 is 2.07 bits per heavy atom. The van der Waals surface area contributed by atoms with E-state index in [2.05, 4.69) is 9.97 Å². The van der Waals surface area contributed by atoms with Crippen LogP contribution in [-0.4, -0.2) is 21.0 Å². The summed E-state index contributed by atoms with van der Waals surface area (Å²) in [5.74, 6) is -0.629. The van der Waals surface area contributed by atoms with Crippen molar-refractivity contribution in [3.05, 3.63) is 30.1 Å². The molecule has 0 aliphatic carbocycles. The topological polar surface area (TPSA) is 89.1 Å². The first kappa shape index (κ1) is 11.2. The van der Waals surface area contributed by atoms with Gasteiger partial charge in [0.1, 0.15) is 12.1 Å². The lowest BCUT2D eigenvalue weighted by Gasteiger charge is -2.00. The summed E-state index contributed by atoms with van der Waals surface area (Å²) < 4.78 is 0. The Balaban J connectivity index is 0.00000112. The average Bonchev–Trinajstić information content (AvgIpc) is 2.17. The fourth-order valence-electron chi connectivity index (χ4n) is 1.21. The molecule has 0 spiro atoms. The minimum Gasteiger partial charge on any atom is -0.478 e. The van der Waals surface area contributed by atoms with E-state index in [0.717, 1.165) is 0 Å². The van der Waals surface area contributed by atoms with E-state index >= 15 is 0 Å². The number of rotatable bonds is 1. The summed E-state index contributed by atoms with van der Waals surface area (Å²) in [6.45, 7) is 0. The molecular formula is C9H8ClN3O2. The van der Waals surface area contributed by atoms with Crippen LogP contribution in [0.1, 0.15) is 10.4 Å². The lowest BCUT2D eigenvalue weighted by Crippen LogP contribution is -1.98. The number of carbonyl (C=O) groups is 1. The number of nitrogens with zero attached hydrogens (tertiary/aromatic N) is 2. The molecule has 1 heterocycles. The summed E-state index contributed by atoms with van der Waals surface area (Å²) in [4.78, 5) is 18.4. The highest BCUT2D eigenvalue weighted by Gasteiger charge is 2.05. The fourth-order valence-corrected chi connectivity index (χ4v) is 1.21. The number of hydrogen-bond acceptors (Lipinski definition) is 4. The molecule has 2 rings (SSSR count). The Hall–Kier alpha value is -1.88. The molecule has 5 nitrogen and oxygen atoms in total. The van der Waals surface area contributed by atoms with E-state index < -0.39 is 5.97 Å². The van der Waals surface area contributed by atoms with Crippen LogP contribution in [0.2, 0.25) is 0 Å². The van der Waals surface area contributed by atoms with Crippen molar-refractivity contribution in [1.82, 2.24) is 9.97 Å². The number of aromatic carboxylic acids is 1. The third-order valence-corrected chi connectivity index (χ3v) is 1.91. The number of fused-ring (bicyclic) bond motifs is 1. The molecule has 0 bridgehead atoms. The minimum atomic E-state index is -0.982. The van der Waals surface area contributed by atoms with Crippen LogP contribution in [0.5, 0.6) is 0 Å². The zero-order chi connectivity index (χ0) is 10.1. The Morgan fingerprint density at radius 1 is 1.33 bits per heavy atom. The van der Waals surface area contributed by atoms with Gasteiger partial charge in [0.25, 0.3) is 0 Å². The first-order valence-electron chi connectivity index (χ1n) is 3.92. The molecule has 0 atom stereocenters. The van der Waals surface area contributed by atoms with Gasteiger partial charge < -0.3 is 10.8 Å². The molecule has 1 aromatic carbocycles. The highest BCUT2D eigenvalue weighted by Crippen LogP contribution is 2.17. The third kappa shape index (κ3) is 1.97. The van der Waals surface area contributed by atoms with Crippen molar-refractivity contribution in [3.8, 4) is 0 Å². The maximum absolute atomic E-state index is 10.7. The van der Waals surface area contributed by atoms with E-state index in [9.17, 15) is 4.79 Å². The van der Waals surface area contributed by atoms with Gasteiger partial charge in [0.15, 0.2) is 0 Å². The molecule has 0 aliphatic rings. The van der Waals surface area contributed by atoms with Gasteiger partial charge in [0.2, 0.25) is 0 Å². The fraction of sp³-hybridized carbons (Fsp3) is 0. The van der Waals surface area contributed by atoms with E-state index in [1.165, 1.54) is 18.5 Å². The van der Waals surface area contributed by atoms with Crippen molar-refractivity contribution >= 4 is 35.1 Å². The SMILES string of the molecule is Cl.Nc1ncnc2cc(C(=O)O)ccc12. The molecule has 1 aromatic heterocycles. The van der Waals surface area contributed by atoms with Crippen molar-refractivity contribution in [3.63, 3.8) is 0 Å². The second-order valence-electron chi connectivity index (χ2n) is 2.80. The number of nitrogens with two attached hydrogens (primary N) is 1.